The summed E-state index contributed by atoms with van der Waals surface area (Å²) in [6.07, 6.45) is 2.76. The summed E-state index contributed by atoms with van der Waals surface area (Å²) in [5.74, 6) is 0.266. The largest absolute Gasteiger partial charge is 0.385 e. The normalized spacial score (nSPS) is 35.0. The third-order valence-electron chi connectivity index (χ3n) is 4.16. The molecule has 1 nitrogen and oxygen atoms in total. The molecular formula is C14H19FO. The van der Waals surface area contributed by atoms with E-state index in [4.69, 9.17) is 0 Å². The maximum Gasteiger partial charge on any atom is 0.129 e. The molecule has 0 saturated heterocycles. The van der Waals surface area contributed by atoms with Crippen molar-refractivity contribution < 1.29 is 9.50 Å². The quantitative estimate of drug-likeness (QED) is 0.771. The molecule has 0 aliphatic heterocycles. The molecule has 1 aromatic rings. The van der Waals surface area contributed by atoms with Crippen LogP contribution in [0, 0.1) is 17.7 Å². The Bertz CT molecular complexity index is 377. The summed E-state index contributed by atoms with van der Waals surface area (Å²) in [6, 6.07) is 6.60. The average molecular weight is 222 g/mol. The molecule has 0 bridgehead atoms. The second-order valence-electron chi connectivity index (χ2n) is 5.06. The fourth-order valence-electron chi connectivity index (χ4n) is 2.83. The molecule has 3 unspecified atom stereocenters. The predicted octanol–water partition coefficient (Wildman–Crippen LogP) is 3.47. The zero-order valence-electron chi connectivity index (χ0n) is 9.91. The molecule has 3 atom stereocenters. The van der Waals surface area contributed by atoms with Gasteiger partial charge in [0.2, 0.25) is 0 Å². The number of hydrogen-bond donors (Lipinski definition) is 1. The molecule has 0 aromatic heterocycles. The van der Waals surface area contributed by atoms with Gasteiger partial charge in [0.25, 0.3) is 0 Å². The first-order valence-electron chi connectivity index (χ1n) is 6.03. The Morgan fingerprint density at radius 2 is 2.00 bits per heavy atom. The third kappa shape index (κ3) is 1.75. The Labute approximate surface area is 96.3 Å². The van der Waals surface area contributed by atoms with Gasteiger partial charge in [0.15, 0.2) is 0 Å². The Hall–Kier alpha value is -0.890. The maximum atomic E-state index is 13.8. The Morgan fingerprint density at radius 1 is 1.31 bits per heavy atom. The molecule has 1 saturated carbocycles. The molecule has 2 heteroatoms. The minimum absolute atomic E-state index is 0.109. The second-order valence-corrected chi connectivity index (χ2v) is 5.06. The lowest BCUT2D eigenvalue weighted by molar-refractivity contribution is -0.0712. The number of aliphatic hydroxyl groups is 1. The fourth-order valence-corrected chi connectivity index (χ4v) is 2.83. The summed E-state index contributed by atoms with van der Waals surface area (Å²) in [6.45, 7) is 4.16. The van der Waals surface area contributed by atoms with Crippen LogP contribution < -0.4 is 0 Å². The first kappa shape index (κ1) is 11.6. The average Bonchev–Trinajstić information content (AvgIpc) is 2.26. The van der Waals surface area contributed by atoms with Crippen molar-refractivity contribution >= 4 is 0 Å². The first-order chi connectivity index (χ1) is 7.55. The van der Waals surface area contributed by atoms with E-state index in [1.54, 1.807) is 18.2 Å². The molecule has 1 aromatic carbocycles. The molecule has 1 fully saturated rings. The lowest BCUT2D eigenvalue weighted by Crippen LogP contribution is -2.41. The Balaban J connectivity index is 2.41. The SMILES string of the molecule is CC1CCCC(O)(c2ccccc2F)C1C. The van der Waals surface area contributed by atoms with E-state index in [0.717, 1.165) is 12.8 Å². The molecule has 1 aliphatic rings. The monoisotopic (exact) mass is 222 g/mol. The molecule has 0 radical (unpaired) electrons. The van der Waals surface area contributed by atoms with Gasteiger partial charge in [0.1, 0.15) is 5.82 Å². The van der Waals surface area contributed by atoms with E-state index in [9.17, 15) is 9.50 Å². The molecule has 0 spiro atoms. The van der Waals surface area contributed by atoms with Crippen LogP contribution >= 0.6 is 0 Å². The number of benzene rings is 1. The molecule has 1 aliphatic carbocycles. The minimum Gasteiger partial charge on any atom is -0.385 e. The van der Waals surface area contributed by atoms with Crippen LogP contribution in [0.5, 0.6) is 0 Å². The molecule has 1 N–H and O–H groups in total. The van der Waals surface area contributed by atoms with Gasteiger partial charge in [-0.25, -0.2) is 4.39 Å². The summed E-state index contributed by atoms with van der Waals surface area (Å²) in [5.41, 5.74) is -0.516. The van der Waals surface area contributed by atoms with Crippen LogP contribution in [0.3, 0.4) is 0 Å². The van der Waals surface area contributed by atoms with E-state index in [1.807, 2.05) is 6.92 Å². The smallest absolute Gasteiger partial charge is 0.129 e. The molecule has 88 valence electrons. The summed E-state index contributed by atoms with van der Waals surface area (Å²) in [5, 5.41) is 10.7. The topological polar surface area (TPSA) is 20.2 Å². The van der Waals surface area contributed by atoms with Crippen molar-refractivity contribution in [3.63, 3.8) is 0 Å². The van der Waals surface area contributed by atoms with Crippen LogP contribution in [0.15, 0.2) is 24.3 Å². The van der Waals surface area contributed by atoms with Crippen LogP contribution in [-0.2, 0) is 5.60 Å². The number of halogens is 1. The van der Waals surface area contributed by atoms with Crippen LogP contribution in [-0.4, -0.2) is 5.11 Å². The molecule has 0 amide bonds. The highest BCUT2D eigenvalue weighted by Crippen LogP contribution is 2.44. The Kier molecular flexibility index (Phi) is 3.02. The Morgan fingerprint density at radius 3 is 2.69 bits per heavy atom. The predicted molar refractivity (Wildman–Crippen MR) is 62.5 cm³/mol. The van der Waals surface area contributed by atoms with Gasteiger partial charge >= 0.3 is 0 Å². The lowest BCUT2D eigenvalue weighted by Gasteiger charge is -2.42. The van der Waals surface area contributed by atoms with E-state index >= 15 is 0 Å². The van der Waals surface area contributed by atoms with Gasteiger partial charge < -0.3 is 5.11 Å². The van der Waals surface area contributed by atoms with E-state index in [2.05, 4.69) is 6.92 Å². The summed E-state index contributed by atoms with van der Waals surface area (Å²) in [4.78, 5) is 0. The molecule has 16 heavy (non-hydrogen) atoms. The minimum atomic E-state index is -0.983. The van der Waals surface area contributed by atoms with Crippen LogP contribution in [0.2, 0.25) is 0 Å². The lowest BCUT2D eigenvalue weighted by atomic mass is 9.67. The van der Waals surface area contributed by atoms with Crippen molar-refractivity contribution in [2.24, 2.45) is 11.8 Å². The third-order valence-corrected chi connectivity index (χ3v) is 4.16. The standard InChI is InChI=1S/C14H19FO/c1-10-6-5-9-14(16,11(10)2)12-7-3-4-8-13(12)15/h3-4,7-8,10-11,16H,5-6,9H2,1-2H3. The summed E-state index contributed by atoms with van der Waals surface area (Å²) in [7, 11) is 0. The van der Waals surface area contributed by atoms with Crippen molar-refractivity contribution in [2.75, 3.05) is 0 Å². The van der Waals surface area contributed by atoms with E-state index in [-0.39, 0.29) is 11.7 Å². The molecule has 2 rings (SSSR count). The number of rotatable bonds is 1. The van der Waals surface area contributed by atoms with E-state index < -0.39 is 5.60 Å². The zero-order valence-corrected chi connectivity index (χ0v) is 9.91. The zero-order chi connectivity index (χ0) is 11.8. The fraction of sp³-hybridized carbons (Fsp3) is 0.571. The van der Waals surface area contributed by atoms with Crippen molar-refractivity contribution in [1.82, 2.24) is 0 Å². The van der Waals surface area contributed by atoms with E-state index in [0.29, 0.717) is 17.9 Å². The maximum absolute atomic E-state index is 13.8. The number of hydrogen-bond acceptors (Lipinski definition) is 1. The summed E-state index contributed by atoms with van der Waals surface area (Å²) >= 11 is 0. The van der Waals surface area contributed by atoms with Gasteiger partial charge in [-0.1, -0.05) is 38.5 Å². The highest BCUT2D eigenvalue weighted by atomic mass is 19.1. The molecular weight excluding hydrogens is 203 g/mol. The molecule has 0 heterocycles. The highest BCUT2D eigenvalue weighted by Gasteiger charge is 2.42. The van der Waals surface area contributed by atoms with Crippen molar-refractivity contribution in [1.29, 1.82) is 0 Å². The van der Waals surface area contributed by atoms with Gasteiger partial charge in [-0.3, -0.25) is 0 Å². The van der Waals surface area contributed by atoms with Gasteiger partial charge in [-0.2, -0.15) is 0 Å². The van der Waals surface area contributed by atoms with Crippen molar-refractivity contribution in [3.8, 4) is 0 Å². The second kappa shape index (κ2) is 4.17. The van der Waals surface area contributed by atoms with Crippen LogP contribution in [0.25, 0.3) is 0 Å². The van der Waals surface area contributed by atoms with Crippen molar-refractivity contribution in [3.05, 3.63) is 35.6 Å². The van der Waals surface area contributed by atoms with E-state index in [1.165, 1.54) is 6.07 Å². The highest BCUT2D eigenvalue weighted by molar-refractivity contribution is 5.26. The van der Waals surface area contributed by atoms with Gasteiger partial charge in [-0.05, 0) is 30.7 Å². The van der Waals surface area contributed by atoms with Gasteiger partial charge in [0, 0.05) is 5.56 Å². The van der Waals surface area contributed by atoms with Crippen LogP contribution in [0.4, 0.5) is 4.39 Å². The summed E-state index contributed by atoms with van der Waals surface area (Å²) < 4.78 is 13.8. The van der Waals surface area contributed by atoms with Crippen LogP contribution in [0.1, 0.15) is 38.7 Å². The van der Waals surface area contributed by atoms with Crippen molar-refractivity contribution in [2.45, 2.75) is 38.7 Å². The van der Waals surface area contributed by atoms with Gasteiger partial charge in [-0.15, -0.1) is 0 Å². The van der Waals surface area contributed by atoms with Gasteiger partial charge in [0.05, 0.1) is 5.60 Å². The first-order valence-corrected chi connectivity index (χ1v) is 6.03.